The first kappa shape index (κ1) is 17.5. The Morgan fingerprint density at radius 1 is 1.07 bits per heavy atom. The Bertz CT molecular complexity index is 1160. The Morgan fingerprint density at radius 3 is 2.71 bits per heavy atom. The molecule has 1 saturated heterocycles. The molecule has 2 aromatic carbocycles. The Balaban J connectivity index is 1.49. The summed E-state index contributed by atoms with van der Waals surface area (Å²) >= 11 is 1.47. The summed E-state index contributed by atoms with van der Waals surface area (Å²) in [6, 6.07) is 15.2. The van der Waals surface area contributed by atoms with Crippen molar-refractivity contribution in [3.05, 3.63) is 64.8 Å². The molecule has 0 radical (unpaired) electrons. The van der Waals surface area contributed by atoms with Crippen molar-refractivity contribution in [1.29, 1.82) is 0 Å². The molecule has 1 atom stereocenters. The van der Waals surface area contributed by atoms with Crippen molar-refractivity contribution >= 4 is 33.8 Å². The highest BCUT2D eigenvalue weighted by Crippen LogP contribution is 2.25. The molecule has 142 valence electrons. The van der Waals surface area contributed by atoms with Crippen molar-refractivity contribution in [1.82, 2.24) is 14.5 Å². The van der Waals surface area contributed by atoms with Gasteiger partial charge in [0, 0.05) is 6.61 Å². The van der Waals surface area contributed by atoms with E-state index in [1.54, 1.807) is 4.57 Å². The molecule has 0 spiro atoms. The van der Waals surface area contributed by atoms with Crippen molar-refractivity contribution in [2.75, 3.05) is 6.61 Å². The van der Waals surface area contributed by atoms with Crippen molar-refractivity contribution in [2.45, 2.75) is 36.4 Å². The SMILES string of the molecule is O=c1c2ccccc2nc(SCc2nc3ccccc3o2)n1CC1CCCO1. The third-order valence-corrected chi connectivity index (χ3v) is 5.86. The first-order chi connectivity index (χ1) is 13.8. The second-order valence-electron chi connectivity index (χ2n) is 6.83. The van der Waals surface area contributed by atoms with Crippen molar-refractivity contribution in [2.24, 2.45) is 0 Å². The highest BCUT2D eigenvalue weighted by atomic mass is 32.2. The van der Waals surface area contributed by atoms with E-state index >= 15 is 0 Å². The van der Waals surface area contributed by atoms with Gasteiger partial charge in [-0.15, -0.1) is 0 Å². The molecule has 0 amide bonds. The lowest BCUT2D eigenvalue weighted by Gasteiger charge is -2.16. The topological polar surface area (TPSA) is 70.2 Å². The first-order valence-electron chi connectivity index (χ1n) is 9.36. The van der Waals surface area contributed by atoms with Crippen LogP contribution in [-0.2, 0) is 17.0 Å². The predicted octanol–water partition coefficient (Wildman–Crippen LogP) is 4.01. The van der Waals surface area contributed by atoms with Crippen molar-refractivity contribution in [3.63, 3.8) is 0 Å². The summed E-state index contributed by atoms with van der Waals surface area (Å²) in [5.41, 5.74) is 2.28. The molecule has 1 unspecified atom stereocenters. The first-order valence-corrected chi connectivity index (χ1v) is 10.3. The highest BCUT2D eigenvalue weighted by Gasteiger charge is 2.20. The normalized spacial score (nSPS) is 16.9. The van der Waals surface area contributed by atoms with Gasteiger partial charge in [0.25, 0.3) is 5.56 Å². The lowest BCUT2D eigenvalue weighted by Crippen LogP contribution is -2.28. The third kappa shape index (κ3) is 3.31. The van der Waals surface area contributed by atoms with Crippen LogP contribution in [0, 0.1) is 0 Å². The minimum absolute atomic E-state index is 0.0267. The average Bonchev–Trinajstić information content (AvgIpc) is 3.38. The molecule has 0 N–H and O–H groups in total. The lowest BCUT2D eigenvalue weighted by atomic mass is 10.2. The van der Waals surface area contributed by atoms with E-state index in [2.05, 4.69) is 4.98 Å². The minimum atomic E-state index is -0.0267. The fraction of sp³-hybridized carbons (Fsp3) is 0.286. The number of ether oxygens (including phenoxy) is 1. The van der Waals surface area contributed by atoms with Crippen LogP contribution in [0.4, 0.5) is 0 Å². The zero-order valence-corrected chi connectivity index (χ0v) is 16.0. The van der Waals surface area contributed by atoms with E-state index < -0.39 is 0 Å². The third-order valence-electron chi connectivity index (χ3n) is 4.90. The molecule has 0 saturated carbocycles. The van der Waals surface area contributed by atoms with Crippen LogP contribution in [0.1, 0.15) is 18.7 Å². The van der Waals surface area contributed by atoms with Gasteiger partial charge in [-0.1, -0.05) is 36.0 Å². The summed E-state index contributed by atoms with van der Waals surface area (Å²) in [6.45, 7) is 1.28. The molecule has 3 heterocycles. The van der Waals surface area contributed by atoms with Crippen LogP contribution < -0.4 is 5.56 Å². The van der Waals surface area contributed by atoms with Gasteiger partial charge in [0.1, 0.15) is 5.52 Å². The number of thioether (sulfide) groups is 1. The Kier molecular flexibility index (Phi) is 4.62. The summed E-state index contributed by atoms with van der Waals surface area (Å²) in [6.07, 6.45) is 2.06. The number of nitrogens with zero attached hydrogens (tertiary/aromatic N) is 3. The van der Waals surface area contributed by atoms with Gasteiger partial charge in [-0.25, -0.2) is 9.97 Å². The summed E-state index contributed by atoms with van der Waals surface area (Å²) in [7, 11) is 0. The molecule has 7 heteroatoms. The maximum atomic E-state index is 13.1. The van der Waals surface area contributed by atoms with Gasteiger partial charge < -0.3 is 9.15 Å². The maximum absolute atomic E-state index is 13.1. The van der Waals surface area contributed by atoms with Gasteiger partial charge in [-0.3, -0.25) is 9.36 Å². The molecule has 1 fully saturated rings. The molecule has 1 aliphatic rings. The fourth-order valence-corrected chi connectivity index (χ4v) is 4.37. The molecule has 5 rings (SSSR count). The number of benzene rings is 2. The number of rotatable bonds is 5. The van der Waals surface area contributed by atoms with Crippen molar-refractivity contribution in [3.8, 4) is 0 Å². The Labute approximate surface area is 165 Å². The molecule has 4 aromatic rings. The molecule has 1 aliphatic heterocycles. The Morgan fingerprint density at radius 2 is 1.89 bits per heavy atom. The molecule has 6 nitrogen and oxygen atoms in total. The molecular formula is C21H19N3O3S. The maximum Gasteiger partial charge on any atom is 0.262 e. The zero-order valence-electron chi connectivity index (χ0n) is 15.2. The van der Waals surface area contributed by atoms with E-state index in [4.69, 9.17) is 14.1 Å². The zero-order chi connectivity index (χ0) is 18.9. The largest absolute Gasteiger partial charge is 0.440 e. The smallest absolute Gasteiger partial charge is 0.262 e. The minimum Gasteiger partial charge on any atom is -0.440 e. The monoisotopic (exact) mass is 393 g/mol. The van der Waals surface area contributed by atoms with E-state index in [0.717, 1.165) is 30.5 Å². The van der Waals surface area contributed by atoms with Crippen LogP contribution in [0.2, 0.25) is 0 Å². The van der Waals surface area contributed by atoms with Gasteiger partial charge in [0.2, 0.25) is 5.89 Å². The van der Waals surface area contributed by atoms with Crippen LogP contribution in [0.3, 0.4) is 0 Å². The molecular weight excluding hydrogens is 374 g/mol. The second-order valence-corrected chi connectivity index (χ2v) is 7.77. The summed E-state index contributed by atoms with van der Waals surface area (Å²) < 4.78 is 13.3. The van der Waals surface area contributed by atoms with Crippen molar-refractivity contribution < 1.29 is 9.15 Å². The molecule has 0 aliphatic carbocycles. The number of para-hydroxylation sites is 3. The number of hydrogen-bond acceptors (Lipinski definition) is 6. The van der Waals surface area contributed by atoms with Gasteiger partial charge in [-0.05, 0) is 37.1 Å². The van der Waals surface area contributed by atoms with Crippen LogP contribution in [0.5, 0.6) is 0 Å². The number of oxazole rings is 1. The average molecular weight is 393 g/mol. The fourth-order valence-electron chi connectivity index (χ4n) is 3.52. The molecule has 2 aromatic heterocycles. The summed E-state index contributed by atoms with van der Waals surface area (Å²) in [5, 5.41) is 1.30. The van der Waals surface area contributed by atoms with E-state index in [0.29, 0.717) is 34.2 Å². The summed E-state index contributed by atoms with van der Waals surface area (Å²) in [5.74, 6) is 1.13. The standard InChI is InChI=1S/C21H19N3O3S/c25-20-15-7-1-2-8-16(15)23-21(24(20)12-14-6-5-11-26-14)28-13-19-22-17-9-3-4-10-18(17)27-19/h1-4,7-10,14H,5-6,11-13H2. The number of hydrogen-bond donors (Lipinski definition) is 0. The van der Waals surface area contributed by atoms with Crippen LogP contribution in [0.15, 0.2) is 62.9 Å². The predicted molar refractivity (Wildman–Crippen MR) is 109 cm³/mol. The van der Waals surface area contributed by atoms with E-state index in [-0.39, 0.29) is 11.7 Å². The quantitative estimate of drug-likeness (QED) is 0.377. The van der Waals surface area contributed by atoms with E-state index in [1.807, 2.05) is 48.5 Å². The van der Waals surface area contributed by atoms with E-state index in [1.165, 1.54) is 11.8 Å². The lowest BCUT2D eigenvalue weighted by molar-refractivity contribution is 0.0937. The van der Waals surface area contributed by atoms with Crippen LogP contribution in [-0.4, -0.2) is 27.2 Å². The number of aromatic nitrogens is 3. The van der Waals surface area contributed by atoms with Gasteiger partial charge >= 0.3 is 0 Å². The Hall–Kier alpha value is -2.64. The molecule has 0 bridgehead atoms. The van der Waals surface area contributed by atoms with Gasteiger partial charge in [0.15, 0.2) is 10.7 Å². The number of fused-ring (bicyclic) bond motifs is 2. The van der Waals surface area contributed by atoms with E-state index in [9.17, 15) is 4.79 Å². The van der Waals surface area contributed by atoms with Gasteiger partial charge in [-0.2, -0.15) is 0 Å². The highest BCUT2D eigenvalue weighted by molar-refractivity contribution is 7.98. The second kappa shape index (κ2) is 7.41. The molecule has 28 heavy (non-hydrogen) atoms. The van der Waals surface area contributed by atoms with Gasteiger partial charge in [0.05, 0.1) is 29.3 Å². The van der Waals surface area contributed by atoms with Crippen LogP contribution >= 0.6 is 11.8 Å². The van der Waals surface area contributed by atoms with Crippen LogP contribution in [0.25, 0.3) is 22.0 Å². The summed E-state index contributed by atoms with van der Waals surface area (Å²) in [4.78, 5) is 22.4.